The lowest BCUT2D eigenvalue weighted by Crippen LogP contribution is -2.23. The minimum atomic E-state index is -3.57. The Balaban J connectivity index is 2.41. The topological polar surface area (TPSA) is 89.2 Å². The first-order valence-corrected chi connectivity index (χ1v) is 8.35. The van der Waals surface area contributed by atoms with E-state index < -0.39 is 10.0 Å². The van der Waals surface area contributed by atoms with Crippen LogP contribution < -0.4 is 5.73 Å². The molecule has 0 atom stereocenters. The number of sulfonamides is 1. The average Bonchev–Trinajstić information content (AvgIpc) is 2.43. The molecule has 0 saturated heterocycles. The van der Waals surface area contributed by atoms with Crippen LogP contribution in [0.1, 0.15) is 5.56 Å². The number of benzene rings is 1. The number of aryl methyl sites for hydroxylation is 1. The first kappa shape index (κ1) is 15.7. The quantitative estimate of drug-likeness (QED) is 0.681. The minimum Gasteiger partial charge on any atom is -0.397 e. The van der Waals surface area contributed by atoms with Gasteiger partial charge in [0.25, 0.3) is 0 Å². The van der Waals surface area contributed by atoms with Crippen LogP contribution >= 0.6 is 11.8 Å². The van der Waals surface area contributed by atoms with Crippen molar-refractivity contribution in [2.45, 2.75) is 21.9 Å². The van der Waals surface area contributed by atoms with Crippen LogP contribution in [0.3, 0.4) is 0 Å². The van der Waals surface area contributed by atoms with E-state index in [0.717, 1.165) is 9.87 Å². The maximum atomic E-state index is 12.2. The van der Waals surface area contributed by atoms with E-state index in [4.69, 9.17) is 5.73 Å². The van der Waals surface area contributed by atoms with Gasteiger partial charge in [-0.2, -0.15) is 0 Å². The van der Waals surface area contributed by atoms with Crippen LogP contribution in [0.15, 0.2) is 45.5 Å². The SMILES string of the molecule is Cc1cnc(Sc2cccc(S(=O)(=O)N(C)C)c2N)nc1. The highest BCUT2D eigenvalue weighted by Gasteiger charge is 2.22. The smallest absolute Gasteiger partial charge is 0.244 e. The molecule has 2 aromatic rings. The van der Waals surface area contributed by atoms with Crippen molar-refractivity contribution in [3.63, 3.8) is 0 Å². The average molecular weight is 324 g/mol. The van der Waals surface area contributed by atoms with Crippen LogP contribution in [-0.2, 0) is 10.0 Å². The highest BCUT2D eigenvalue weighted by atomic mass is 32.2. The molecule has 0 saturated carbocycles. The van der Waals surface area contributed by atoms with E-state index in [1.165, 1.54) is 31.9 Å². The van der Waals surface area contributed by atoms with Gasteiger partial charge in [0.15, 0.2) is 5.16 Å². The van der Waals surface area contributed by atoms with Gasteiger partial charge in [0.05, 0.1) is 5.69 Å². The summed E-state index contributed by atoms with van der Waals surface area (Å²) < 4.78 is 25.5. The maximum absolute atomic E-state index is 12.2. The lowest BCUT2D eigenvalue weighted by Gasteiger charge is -2.15. The summed E-state index contributed by atoms with van der Waals surface area (Å²) >= 11 is 1.23. The number of para-hydroxylation sites is 1. The molecular formula is C13H16N4O2S2. The molecule has 0 radical (unpaired) electrons. The van der Waals surface area contributed by atoms with E-state index in [0.29, 0.717) is 10.1 Å². The molecule has 1 aromatic carbocycles. The molecule has 1 heterocycles. The van der Waals surface area contributed by atoms with Crippen LogP contribution in [0.25, 0.3) is 0 Å². The summed E-state index contributed by atoms with van der Waals surface area (Å²) in [5, 5.41) is 0.520. The zero-order chi connectivity index (χ0) is 15.6. The molecule has 112 valence electrons. The van der Waals surface area contributed by atoms with E-state index in [9.17, 15) is 8.42 Å². The normalized spacial score (nSPS) is 11.8. The van der Waals surface area contributed by atoms with Gasteiger partial charge in [-0.3, -0.25) is 0 Å². The number of nitrogen functional groups attached to an aromatic ring is 1. The number of anilines is 1. The first-order valence-electron chi connectivity index (χ1n) is 6.10. The fraction of sp³-hybridized carbons (Fsp3) is 0.231. The molecule has 21 heavy (non-hydrogen) atoms. The van der Waals surface area contributed by atoms with E-state index in [2.05, 4.69) is 9.97 Å². The number of rotatable bonds is 4. The van der Waals surface area contributed by atoms with Gasteiger partial charge >= 0.3 is 0 Å². The van der Waals surface area contributed by atoms with Crippen LogP contribution in [0, 0.1) is 6.92 Å². The van der Waals surface area contributed by atoms with Crippen LogP contribution in [-0.4, -0.2) is 36.8 Å². The summed E-state index contributed by atoms with van der Waals surface area (Å²) in [7, 11) is -0.635. The van der Waals surface area contributed by atoms with Gasteiger partial charge in [-0.25, -0.2) is 22.7 Å². The number of hydrogen-bond acceptors (Lipinski definition) is 6. The van der Waals surface area contributed by atoms with Crippen molar-refractivity contribution in [3.05, 3.63) is 36.2 Å². The van der Waals surface area contributed by atoms with E-state index in [1.807, 2.05) is 6.92 Å². The van der Waals surface area contributed by atoms with Gasteiger partial charge in [0, 0.05) is 31.4 Å². The molecule has 2 N–H and O–H groups in total. The van der Waals surface area contributed by atoms with Crippen molar-refractivity contribution in [2.75, 3.05) is 19.8 Å². The van der Waals surface area contributed by atoms with Crippen molar-refractivity contribution in [2.24, 2.45) is 0 Å². The van der Waals surface area contributed by atoms with Gasteiger partial charge in [0.1, 0.15) is 4.90 Å². The standard InChI is InChI=1S/C13H16N4O2S2/c1-9-7-15-13(16-8-9)20-10-5-4-6-11(12(10)14)21(18,19)17(2)3/h4-8H,14H2,1-3H3. The number of nitrogens with two attached hydrogens (primary N) is 1. The molecule has 6 nitrogen and oxygen atoms in total. The predicted octanol–water partition coefficient (Wildman–Crippen LogP) is 1.77. The third-order valence-electron chi connectivity index (χ3n) is 2.74. The molecule has 0 bridgehead atoms. The van der Waals surface area contributed by atoms with Crippen LogP contribution in [0.5, 0.6) is 0 Å². The third-order valence-corrected chi connectivity index (χ3v) is 5.59. The van der Waals surface area contributed by atoms with Gasteiger partial charge in [-0.05, 0) is 36.4 Å². The minimum absolute atomic E-state index is 0.0876. The monoisotopic (exact) mass is 324 g/mol. The van der Waals surface area contributed by atoms with Crippen molar-refractivity contribution >= 4 is 27.5 Å². The summed E-state index contributed by atoms with van der Waals surface area (Å²) in [5.41, 5.74) is 7.17. The highest BCUT2D eigenvalue weighted by Crippen LogP contribution is 2.34. The summed E-state index contributed by atoms with van der Waals surface area (Å²) in [6.07, 6.45) is 3.40. The summed E-state index contributed by atoms with van der Waals surface area (Å²) in [6.45, 7) is 1.90. The van der Waals surface area contributed by atoms with Gasteiger partial charge in [0.2, 0.25) is 10.0 Å². The molecule has 0 amide bonds. The zero-order valence-electron chi connectivity index (χ0n) is 11.9. The molecule has 0 aliphatic carbocycles. The summed E-state index contributed by atoms with van der Waals surface area (Å²) in [6, 6.07) is 4.89. The Labute approximate surface area is 128 Å². The largest absolute Gasteiger partial charge is 0.397 e. The molecule has 0 unspecified atom stereocenters. The van der Waals surface area contributed by atoms with Crippen molar-refractivity contribution < 1.29 is 8.42 Å². The maximum Gasteiger partial charge on any atom is 0.244 e. The Morgan fingerprint density at radius 2 is 1.81 bits per heavy atom. The molecule has 2 rings (SSSR count). The molecule has 0 fully saturated rings. The third kappa shape index (κ3) is 3.34. The van der Waals surface area contributed by atoms with Gasteiger partial charge < -0.3 is 5.73 Å². The molecule has 8 heteroatoms. The molecular weight excluding hydrogens is 308 g/mol. The van der Waals surface area contributed by atoms with E-state index in [1.54, 1.807) is 24.5 Å². The Bertz CT molecular complexity index is 743. The van der Waals surface area contributed by atoms with Crippen molar-refractivity contribution in [3.8, 4) is 0 Å². The Hall–Kier alpha value is -1.64. The molecule has 0 aliphatic heterocycles. The van der Waals surface area contributed by atoms with Gasteiger partial charge in [-0.15, -0.1) is 0 Å². The number of hydrogen-bond donors (Lipinski definition) is 1. The Kier molecular flexibility index (Phi) is 4.50. The molecule has 0 aliphatic rings. The fourth-order valence-electron chi connectivity index (χ4n) is 1.57. The Morgan fingerprint density at radius 1 is 1.19 bits per heavy atom. The lowest BCUT2D eigenvalue weighted by atomic mass is 10.3. The molecule has 0 spiro atoms. The first-order chi connectivity index (χ1) is 9.82. The van der Waals surface area contributed by atoms with Crippen molar-refractivity contribution in [1.82, 2.24) is 14.3 Å². The van der Waals surface area contributed by atoms with Crippen LogP contribution in [0.2, 0.25) is 0 Å². The van der Waals surface area contributed by atoms with E-state index >= 15 is 0 Å². The summed E-state index contributed by atoms with van der Waals surface area (Å²) in [4.78, 5) is 9.06. The lowest BCUT2D eigenvalue weighted by molar-refractivity contribution is 0.521. The van der Waals surface area contributed by atoms with Crippen LogP contribution in [0.4, 0.5) is 5.69 Å². The fourth-order valence-corrected chi connectivity index (χ4v) is 3.44. The second-order valence-corrected chi connectivity index (χ2v) is 7.73. The van der Waals surface area contributed by atoms with Gasteiger partial charge in [-0.1, -0.05) is 6.07 Å². The zero-order valence-corrected chi connectivity index (χ0v) is 13.6. The second kappa shape index (κ2) is 6.00. The predicted molar refractivity (Wildman–Crippen MR) is 82.6 cm³/mol. The molecule has 1 aromatic heterocycles. The Morgan fingerprint density at radius 3 is 2.38 bits per heavy atom. The highest BCUT2D eigenvalue weighted by molar-refractivity contribution is 7.99. The van der Waals surface area contributed by atoms with E-state index in [-0.39, 0.29) is 10.6 Å². The second-order valence-electron chi connectivity index (χ2n) is 4.60. The van der Waals surface area contributed by atoms with Crippen molar-refractivity contribution in [1.29, 1.82) is 0 Å². The number of nitrogens with zero attached hydrogens (tertiary/aromatic N) is 3. The summed E-state index contributed by atoms with van der Waals surface area (Å²) in [5.74, 6) is 0. The number of aromatic nitrogens is 2.